The summed E-state index contributed by atoms with van der Waals surface area (Å²) in [5, 5.41) is 7.34. The number of nitrogens with zero attached hydrogens (tertiary/aromatic N) is 3. The molecule has 6 nitrogen and oxygen atoms in total. The van der Waals surface area contributed by atoms with Crippen molar-refractivity contribution in [3.05, 3.63) is 42.1 Å². The second-order valence-electron chi connectivity index (χ2n) is 5.68. The molecule has 0 atom stereocenters. The summed E-state index contributed by atoms with van der Waals surface area (Å²) >= 11 is 0. The van der Waals surface area contributed by atoms with Crippen LogP contribution in [0.3, 0.4) is 0 Å². The van der Waals surface area contributed by atoms with Crippen molar-refractivity contribution in [3.63, 3.8) is 0 Å². The molecule has 138 valence electrons. The van der Waals surface area contributed by atoms with Crippen molar-refractivity contribution >= 4 is 15.4 Å². The van der Waals surface area contributed by atoms with Gasteiger partial charge in [-0.15, -0.1) is 10.2 Å². The van der Waals surface area contributed by atoms with Crippen molar-refractivity contribution in [2.45, 2.75) is 17.8 Å². The van der Waals surface area contributed by atoms with Crippen LogP contribution in [0.4, 0.5) is 13.2 Å². The molecule has 10 heteroatoms. The summed E-state index contributed by atoms with van der Waals surface area (Å²) in [6, 6.07) is 7.40. The summed E-state index contributed by atoms with van der Waals surface area (Å²) in [6.07, 6.45) is -3.16. The van der Waals surface area contributed by atoms with E-state index in [1.807, 2.05) is 0 Å². The van der Waals surface area contributed by atoms with Gasteiger partial charge in [0.15, 0.2) is 0 Å². The van der Waals surface area contributed by atoms with Crippen LogP contribution < -0.4 is 4.74 Å². The Morgan fingerprint density at radius 1 is 1.19 bits per heavy atom. The third-order valence-corrected chi connectivity index (χ3v) is 4.66. The molecule has 2 aromatic heterocycles. The first-order chi connectivity index (χ1) is 12.1. The second-order valence-corrected chi connectivity index (χ2v) is 7.59. The van der Waals surface area contributed by atoms with E-state index in [1.165, 1.54) is 35.9 Å². The lowest BCUT2D eigenvalue weighted by atomic mass is 10.0. The SMILES string of the molecule is COc1ccc(-c2nnc(S(C)(=O)=O)n3cccc23)c(CC(F)(F)F)c1. The van der Waals surface area contributed by atoms with E-state index in [0.29, 0.717) is 5.52 Å². The summed E-state index contributed by atoms with van der Waals surface area (Å²) in [5.74, 6) is 0.278. The van der Waals surface area contributed by atoms with Gasteiger partial charge in [-0.2, -0.15) is 13.2 Å². The summed E-state index contributed by atoms with van der Waals surface area (Å²) in [4.78, 5) is 0. The van der Waals surface area contributed by atoms with Gasteiger partial charge in [0, 0.05) is 18.0 Å². The molecule has 0 N–H and O–H groups in total. The number of fused-ring (bicyclic) bond motifs is 1. The molecule has 0 aliphatic heterocycles. The maximum absolute atomic E-state index is 13.0. The quantitative estimate of drug-likeness (QED) is 0.690. The molecule has 1 aromatic carbocycles. The molecule has 0 spiro atoms. The number of aromatic nitrogens is 3. The van der Waals surface area contributed by atoms with Crippen molar-refractivity contribution in [3.8, 4) is 17.0 Å². The lowest BCUT2D eigenvalue weighted by molar-refractivity contribution is -0.127. The first-order valence-corrected chi connectivity index (χ1v) is 9.27. The zero-order valence-electron chi connectivity index (χ0n) is 13.8. The number of hydrogen-bond donors (Lipinski definition) is 0. The molecule has 0 aliphatic rings. The fraction of sp³-hybridized carbons (Fsp3) is 0.250. The third-order valence-electron chi connectivity index (χ3n) is 3.72. The Hall–Kier alpha value is -2.62. The normalized spacial score (nSPS) is 12.5. The molecule has 0 saturated heterocycles. The minimum Gasteiger partial charge on any atom is -0.497 e. The summed E-state index contributed by atoms with van der Waals surface area (Å²) in [6.45, 7) is 0. The van der Waals surface area contributed by atoms with Crippen LogP contribution in [0.15, 0.2) is 41.7 Å². The molecule has 0 saturated carbocycles. The molecule has 0 aliphatic carbocycles. The van der Waals surface area contributed by atoms with Gasteiger partial charge in [-0.1, -0.05) is 0 Å². The van der Waals surface area contributed by atoms with Crippen LogP contribution in [0.25, 0.3) is 16.8 Å². The number of hydrogen-bond acceptors (Lipinski definition) is 5. The fourth-order valence-corrected chi connectivity index (χ4v) is 3.37. The predicted molar refractivity (Wildman–Crippen MR) is 87.8 cm³/mol. The van der Waals surface area contributed by atoms with E-state index in [1.54, 1.807) is 12.1 Å². The number of halogens is 3. The number of benzene rings is 1. The minimum atomic E-state index is -4.43. The van der Waals surface area contributed by atoms with Gasteiger partial charge in [-0.25, -0.2) is 8.42 Å². The molecule has 3 aromatic rings. The molecular formula is C16H14F3N3O3S. The highest BCUT2D eigenvalue weighted by atomic mass is 32.2. The Kier molecular flexibility index (Phi) is 4.39. The van der Waals surface area contributed by atoms with Gasteiger partial charge in [-0.3, -0.25) is 4.40 Å². The van der Waals surface area contributed by atoms with Crippen LogP contribution >= 0.6 is 0 Å². The van der Waals surface area contributed by atoms with E-state index in [2.05, 4.69) is 10.2 Å². The minimum absolute atomic E-state index is 0.0404. The maximum Gasteiger partial charge on any atom is 0.393 e. The van der Waals surface area contributed by atoms with E-state index in [-0.39, 0.29) is 27.7 Å². The van der Waals surface area contributed by atoms with E-state index >= 15 is 0 Å². The molecule has 26 heavy (non-hydrogen) atoms. The Morgan fingerprint density at radius 2 is 1.92 bits per heavy atom. The largest absolute Gasteiger partial charge is 0.497 e. The topological polar surface area (TPSA) is 73.6 Å². The van der Waals surface area contributed by atoms with Crippen LogP contribution in [0.2, 0.25) is 0 Å². The molecule has 0 radical (unpaired) electrons. The number of alkyl halides is 3. The Balaban J connectivity index is 2.26. The fourth-order valence-electron chi connectivity index (χ4n) is 2.67. The average molecular weight is 385 g/mol. The van der Waals surface area contributed by atoms with Gasteiger partial charge in [0.05, 0.1) is 19.0 Å². The van der Waals surface area contributed by atoms with Crippen LogP contribution in [0.5, 0.6) is 5.75 Å². The lowest BCUT2D eigenvalue weighted by Crippen LogP contribution is -2.14. The summed E-state index contributed by atoms with van der Waals surface area (Å²) in [7, 11) is -2.30. The average Bonchev–Trinajstić information content (AvgIpc) is 3.01. The van der Waals surface area contributed by atoms with Crippen LogP contribution in [-0.4, -0.2) is 42.6 Å². The molecule has 0 amide bonds. The first kappa shape index (κ1) is 18.2. The van der Waals surface area contributed by atoms with Crippen LogP contribution in [0, 0.1) is 0 Å². The number of rotatable bonds is 4. The smallest absolute Gasteiger partial charge is 0.393 e. The molecule has 0 unspecified atom stereocenters. The summed E-state index contributed by atoms with van der Waals surface area (Å²) < 4.78 is 68.9. The standard InChI is InChI=1S/C16H14F3N3O3S/c1-25-11-5-6-12(10(8-11)9-16(17,18)19)14-13-4-3-7-22(13)15(21-20-14)26(2,23)24/h3-8H,9H2,1-2H3. The molecule has 3 rings (SSSR count). The van der Waals surface area contributed by atoms with Gasteiger partial charge < -0.3 is 4.74 Å². The van der Waals surface area contributed by atoms with Crippen molar-refractivity contribution < 1.29 is 26.3 Å². The zero-order chi connectivity index (χ0) is 19.1. The lowest BCUT2D eigenvalue weighted by Gasteiger charge is -2.14. The van der Waals surface area contributed by atoms with E-state index in [9.17, 15) is 21.6 Å². The van der Waals surface area contributed by atoms with E-state index in [4.69, 9.17) is 4.74 Å². The van der Waals surface area contributed by atoms with Gasteiger partial charge in [0.25, 0.3) is 5.16 Å². The van der Waals surface area contributed by atoms with Crippen molar-refractivity contribution in [2.75, 3.05) is 13.4 Å². The van der Waals surface area contributed by atoms with Gasteiger partial charge in [0.2, 0.25) is 9.84 Å². The van der Waals surface area contributed by atoms with Crippen molar-refractivity contribution in [1.29, 1.82) is 0 Å². The van der Waals surface area contributed by atoms with Crippen molar-refractivity contribution in [2.24, 2.45) is 0 Å². The highest BCUT2D eigenvalue weighted by Gasteiger charge is 2.30. The van der Waals surface area contributed by atoms with E-state index in [0.717, 1.165) is 6.26 Å². The first-order valence-electron chi connectivity index (χ1n) is 7.38. The van der Waals surface area contributed by atoms with Gasteiger partial charge >= 0.3 is 6.18 Å². The Morgan fingerprint density at radius 3 is 2.54 bits per heavy atom. The monoisotopic (exact) mass is 385 g/mol. The highest BCUT2D eigenvalue weighted by molar-refractivity contribution is 7.90. The number of sulfone groups is 1. The molecular weight excluding hydrogens is 371 g/mol. The second kappa shape index (κ2) is 6.27. The van der Waals surface area contributed by atoms with Crippen molar-refractivity contribution in [1.82, 2.24) is 14.6 Å². The maximum atomic E-state index is 13.0. The molecule has 0 fully saturated rings. The Labute approximate surface area is 147 Å². The zero-order valence-corrected chi connectivity index (χ0v) is 14.6. The third kappa shape index (κ3) is 3.50. The number of ether oxygens (including phenoxy) is 1. The van der Waals surface area contributed by atoms with Gasteiger partial charge in [-0.05, 0) is 35.9 Å². The van der Waals surface area contributed by atoms with Gasteiger partial charge in [0.1, 0.15) is 11.4 Å². The highest BCUT2D eigenvalue weighted by Crippen LogP contribution is 2.33. The molecule has 2 heterocycles. The van der Waals surface area contributed by atoms with E-state index < -0.39 is 22.4 Å². The van der Waals surface area contributed by atoms with Crippen LogP contribution in [0.1, 0.15) is 5.56 Å². The summed E-state index contributed by atoms with van der Waals surface area (Å²) in [5.41, 5.74) is 0.666. The predicted octanol–water partition coefficient (Wildman–Crippen LogP) is 2.91. The Bertz CT molecular complexity index is 1080. The number of methoxy groups -OCH3 is 1. The van der Waals surface area contributed by atoms with Crippen LogP contribution in [-0.2, 0) is 16.3 Å². The molecule has 0 bridgehead atoms.